The minimum atomic E-state index is -0.158. The average Bonchev–Trinajstić information content (AvgIpc) is 2.59. The average molecular weight is 326 g/mol. The second kappa shape index (κ2) is 9.08. The summed E-state index contributed by atoms with van der Waals surface area (Å²) in [6.45, 7) is 5.27. The zero-order chi connectivity index (χ0) is 17.4. The van der Waals surface area contributed by atoms with Crippen LogP contribution in [0.2, 0.25) is 0 Å². The lowest BCUT2D eigenvalue weighted by Gasteiger charge is -2.23. The van der Waals surface area contributed by atoms with Gasteiger partial charge >= 0.3 is 6.03 Å². The van der Waals surface area contributed by atoms with Crippen LogP contribution in [0.4, 0.5) is 4.79 Å². The molecule has 2 rings (SSSR count). The van der Waals surface area contributed by atoms with E-state index in [9.17, 15) is 4.79 Å². The number of hydrogen-bond donors (Lipinski definition) is 2. The van der Waals surface area contributed by atoms with Gasteiger partial charge in [0.05, 0.1) is 12.6 Å². The molecule has 0 saturated heterocycles. The predicted molar refractivity (Wildman–Crippen MR) is 96.5 cm³/mol. The molecule has 128 valence electrons. The van der Waals surface area contributed by atoms with Crippen LogP contribution in [-0.4, -0.2) is 13.1 Å². The molecular formula is C20H26N2O2. The molecule has 4 nitrogen and oxygen atoms in total. The summed E-state index contributed by atoms with van der Waals surface area (Å²) < 4.78 is 5.14. The van der Waals surface area contributed by atoms with Crippen molar-refractivity contribution in [2.75, 3.05) is 7.11 Å². The van der Waals surface area contributed by atoms with Crippen molar-refractivity contribution in [3.8, 4) is 0 Å². The first-order valence-electron chi connectivity index (χ1n) is 8.26. The van der Waals surface area contributed by atoms with Gasteiger partial charge in [-0.15, -0.1) is 0 Å². The van der Waals surface area contributed by atoms with Gasteiger partial charge in [0, 0.05) is 13.7 Å². The van der Waals surface area contributed by atoms with Crippen molar-refractivity contribution in [2.24, 2.45) is 5.92 Å². The Morgan fingerprint density at radius 3 is 2.42 bits per heavy atom. The fourth-order valence-corrected chi connectivity index (χ4v) is 2.67. The molecule has 0 bridgehead atoms. The molecule has 2 aromatic rings. The minimum absolute atomic E-state index is 0.00831. The van der Waals surface area contributed by atoms with Gasteiger partial charge in [0.15, 0.2) is 0 Å². The van der Waals surface area contributed by atoms with E-state index in [4.69, 9.17) is 4.74 Å². The summed E-state index contributed by atoms with van der Waals surface area (Å²) in [7, 11) is 1.67. The molecule has 2 aromatic carbocycles. The largest absolute Gasteiger partial charge is 0.380 e. The third-order valence-electron chi connectivity index (χ3n) is 3.87. The Balaban J connectivity index is 1.93. The molecule has 0 saturated carbocycles. The third-order valence-corrected chi connectivity index (χ3v) is 3.87. The van der Waals surface area contributed by atoms with Crippen molar-refractivity contribution < 1.29 is 9.53 Å². The number of ether oxygens (including phenoxy) is 1. The van der Waals surface area contributed by atoms with Gasteiger partial charge in [-0.3, -0.25) is 0 Å². The minimum Gasteiger partial charge on any atom is -0.380 e. The van der Waals surface area contributed by atoms with E-state index in [1.807, 2.05) is 54.6 Å². The first kappa shape index (κ1) is 18.0. The number of carbonyl (C=O) groups excluding carboxylic acids is 1. The van der Waals surface area contributed by atoms with Crippen LogP contribution >= 0.6 is 0 Å². The van der Waals surface area contributed by atoms with Crippen LogP contribution in [0.1, 0.15) is 36.6 Å². The number of methoxy groups -OCH3 is 1. The first-order valence-corrected chi connectivity index (χ1v) is 8.26. The lowest BCUT2D eigenvalue weighted by Crippen LogP contribution is -2.39. The summed E-state index contributed by atoms with van der Waals surface area (Å²) in [5.41, 5.74) is 3.27. The Morgan fingerprint density at radius 2 is 1.75 bits per heavy atom. The topological polar surface area (TPSA) is 50.4 Å². The standard InChI is InChI=1S/C20H26N2O2/c1-15(2)19(18-10-5-4-6-11-18)22-20(23)21-13-16-8-7-9-17(12-16)14-24-3/h4-12,15,19H,13-14H2,1-3H3,(H2,21,22,23). The molecule has 0 aliphatic heterocycles. The Hall–Kier alpha value is -2.33. The maximum absolute atomic E-state index is 12.3. The smallest absolute Gasteiger partial charge is 0.315 e. The van der Waals surface area contributed by atoms with Gasteiger partial charge in [-0.25, -0.2) is 4.79 Å². The summed E-state index contributed by atoms with van der Waals surface area (Å²) in [6, 6.07) is 17.9. The molecule has 0 aromatic heterocycles. The molecule has 1 unspecified atom stereocenters. The van der Waals surface area contributed by atoms with E-state index in [0.717, 1.165) is 16.7 Å². The second-order valence-electron chi connectivity index (χ2n) is 6.21. The molecule has 0 fully saturated rings. The van der Waals surface area contributed by atoms with E-state index in [1.165, 1.54) is 0 Å². The highest BCUT2D eigenvalue weighted by atomic mass is 16.5. The molecule has 0 aliphatic rings. The van der Waals surface area contributed by atoms with Crippen molar-refractivity contribution in [2.45, 2.75) is 33.0 Å². The summed E-state index contributed by atoms with van der Waals surface area (Å²) in [5.74, 6) is 0.309. The zero-order valence-corrected chi connectivity index (χ0v) is 14.6. The van der Waals surface area contributed by atoms with Crippen LogP contribution in [0.3, 0.4) is 0 Å². The molecule has 2 N–H and O–H groups in total. The number of carbonyl (C=O) groups is 1. The summed E-state index contributed by atoms with van der Waals surface area (Å²) in [4.78, 5) is 12.3. The van der Waals surface area contributed by atoms with Crippen LogP contribution in [0.15, 0.2) is 54.6 Å². The van der Waals surface area contributed by atoms with Crippen molar-refractivity contribution in [1.29, 1.82) is 0 Å². The lowest BCUT2D eigenvalue weighted by molar-refractivity contribution is 0.185. The fourth-order valence-electron chi connectivity index (χ4n) is 2.67. The third kappa shape index (κ3) is 5.39. The highest BCUT2D eigenvalue weighted by Crippen LogP contribution is 2.21. The maximum atomic E-state index is 12.3. The number of urea groups is 1. The van der Waals surface area contributed by atoms with E-state index < -0.39 is 0 Å². The number of benzene rings is 2. The monoisotopic (exact) mass is 326 g/mol. The fraction of sp³-hybridized carbons (Fsp3) is 0.350. The maximum Gasteiger partial charge on any atom is 0.315 e. The van der Waals surface area contributed by atoms with E-state index >= 15 is 0 Å². The second-order valence-corrected chi connectivity index (χ2v) is 6.21. The van der Waals surface area contributed by atoms with E-state index in [0.29, 0.717) is 19.1 Å². The molecule has 24 heavy (non-hydrogen) atoms. The highest BCUT2D eigenvalue weighted by molar-refractivity contribution is 5.74. The van der Waals surface area contributed by atoms with Crippen LogP contribution < -0.4 is 10.6 Å². The molecule has 0 aliphatic carbocycles. The van der Waals surface area contributed by atoms with Crippen LogP contribution in [0.5, 0.6) is 0 Å². The summed E-state index contributed by atoms with van der Waals surface area (Å²) in [5, 5.41) is 6.00. The van der Waals surface area contributed by atoms with Gasteiger partial charge in [0.2, 0.25) is 0 Å². The number of rotatable bonds is 7. The van der Waals surface area contributed by atoms with Crippen LogP contribution in [-0.2, 0) is 17.9 Å². The predicted octanol–water partition coefficient (Wildman–Crippen LogP) is 4.03. The molecule has 0 radical (unpaired) electrons. The van der Waals surface area contributed by atoms with Crippen LogP contribution in [0, 0.1) is 5.92 Å². The van der Waals surface area contributed by atoms with Crippen LogP contribution in [0.25, 0.3) is 0 Å². The van der Waals surface area contributed by atoms with Gasteiger partial charge in [-0.05, 0) is 22.6 Å². The van der Waals surface area contributed by atoms with Crippen molar-refractivity contribution in [3.63, 3.8) is 0 Å². The first-order chi connectivity index (χ1) is 11.6. The quantitative estimate of drug-likeness (QED) is 0.807. The normalized spacial score (nSPS) is 12.0. The molecule has 0 heterocycles. The van der Waals surface area contributed by atoms with E-state index in [2.05, 4.69) is 24.5 Å². The molecule has 0 spiro atoms. The SMILES string of the molecule is COCc1cccc(CNC(=O)NC(c2ccccc2)C(C)C)c1. The van der Waals surface area contributed by atoms with Crippen molar-refractivity contribution in [3.05, 3.63) is 71.3 Å². The molecule has 1 atom stereocenters. The number of amides is 2. The Labute approximate surface area is 144 Å². The number of hydrogen-bond acceptors (Lipinski definition) is 2. The van der Waals surface area contributed by atoms with Gasteiger partial charge in [-0.2, -0.15) is 0 Å². The molecule has 4 heteroatoms. The van der Waals surface area contributed by atoms with E-state index in [-0.39, 0.29) is 12.1 Å². The Morgan fingerprint density at radius 1 is 1.04 bits per heavy atom. The Kier molecular flexibility index (Phi) is 6.82. The van der Waals surface area contributed by atoms with Gasteiger partial charge in [0.25, 0.3) is 0 Å². The zero-order valence-electron chi connectivity index (χ0n) is 14.6. The van der Waals surface area contributed by atoms with Gasteiger partial charge < -0.3 is 15.4 Å². The van der Waals surface area contributed by atoms with Crippen molar-refractivity contribution in [1.82, 2.24) is 10.6 Å². The molecule has 2 amide bonds. The van der Waals surface area contributed by atoms with Gasteiger partial charge in [0.1, 0.15) is 0 Å². The lowest BCUT2D eigenvalue weighted by atomic mass is 9.96. The van der Waals surface area contributed by atoms with Crippen molar-refractivity contribution >= 4 is 6.03 Å². The van der Waals surface area contributed by atoms with E-state index in [1.54, 1.807) is 7.11 Å². The van der Waals surface area contributed by atoms with Gasteiger partial charge in [-0.1, -0.05) is 68.4 Å². The summed E-state index contributed by atoms with van der Waals surface area (Å²) >= 11 is 0. The summed E-state index contributed by atoms with van der Waals surface area (Å²) in [6.07, 6.45) is 0. The highest BCUT2D eigenvalue weighted by Gasteiger charge is 2.17. The molecular weight excluding hydrogens is 300 g/mol. The number of nitrogens with one attached hydrogen (secondary N) is 2. The Bertz CT molecular complexity index is 641.